The van der Waals surface area contributed by atoms with Gasteiger partial charge in [0.2, 0.25) is 0 Å². The molecule has 2 aromatic rings. The molecular weight excluding hydrogens is 162 g/mol. The number of halogens is 1. The van der Waals surface area contributed by atoms with Crippen molar-refractivity contribution in [1.29, 1.82) is 0 Å². The third-order valence-corrected chi connectivity index (χ3v) is 1.58. The molecule has 1 aromatic carbocycles. The first-order chi connectivity index (χ1) is 4.88. The molecule has 0 unspecified atom stereocenters. The molecule has 0 aliphatic carbocycles. The summed E-state index contributed by atoms with van der Waals surface area (Å²) in [6.45, 7) is 0. The van der Waals surface area contributed by atoms with Gasteiger partial charge in [0.15, 0.2) is 0 Å². The highest BCUT2D eigenvalue weighted by Crippen LogP contribution is 2.12. The number of hydrogen-bond donors (Lipinski definition) is 1. The summed E-state index contributed by atoms with van der Waals surface area (Å²) < 4.78 is 1.12. The maximum Gasteiger partial charge on any atom is 0.0865 e. The molecule has 1 aromatic heterocycles. The van der Waals surface area contributed by atoms with Crippen LogP contribution in [0, 0.1) is 0 Å². The fourth-order valence-electron chi connectivity index (χ4n) is 1.07. The molecule has 3 heteroatoms. The van der Waals surface area contributed by atoms with Gasteiger partial charge in [-0.3, -0.25) is 0 Å². The molecule has 0 fully saturated rings. The third kappa shape index (κ3) is 1.17. The van der Waals surface area contributed by atoms with E-state index in [2.05, 4.69) is 0 Å². The molecule has 0 saturated heterocycles. The van der Waals surface area contributed by atoms with Crippen molar-refractivity contribution in [3.05, 3.63) is 36.5 Å². The van der Waals surface area contributed by atoms with Gasteiger partial charge in [0.25, 0.3) is 0 Å². The lowest BCUT2D eigenvalue weighted by atomic mass is 10.3. The van der Waals surface area contributed by atoms with Crippen LogP contribution in [0.5, 0.6) is 0 Å². The minimum atomic E-state index is 0. The van der Waals surface area contributed by atoms with E-state index in [1.54, 1.807) is 6.20 Å². The molecule has 0 radical (unpaired) electrons. The predicted octanol–water partition coefficient (Wildman–Crippen LogP) is 2.30. The third-order valence-electron chi connectivity index (χ3n) is 1.58. The zero-order valence-electron chi connectivity index (χ0n) is 5.77. The van der Waals surface area contributed by atoms with Gasteiger partial charge < -0.3 is 5.21 Å². The van der Waals surface area contributed by atoms with Gasteiger partial charge in [-0.1, -0.05) is 18.2 Å². The summed E-state index contributed by atoms with van der Waals surface area (Å²) in [4.78, 5) is 0. The lowest BCUT2D eigenvalue weighted by Gasteiger charge is -1.91. The van der Waals surface area contributed by atoms with E-state index in [4.69, 9.17) is 5.21 Å². The van der Waals surface area contributed by atoms with Gasteiger partial charge in [-0.05, 0) is 12.1 Å². The summed E-state index contributed by atoms with van der Waals surface area (Å²) in [5.41, 5.74) is 0.850. The first kappa shape index (κ1) is 7.95. The monoisotopic (exact) mass is 169 g/mol. The van der Waals surface area contributed by atoms with Crippen molar-refractivity contribution in [3.63, 3.8) is 0 Å². The fraction of sp³-hybridized carbons (Fsp3) is 0. The highest BCUT2D eigenvalue weighted by Gasteiger charge is 1.94. The van der Waals surface area contributed by atoms with Crippen LogP contribution in [0.25, 0.3) is 10.9 Å². The Morgan fingerprint density at radius 2 is 1.82 bits per heavy atom. The Morgan fingerprint density at radius 1 is 1.09 bits per heavy atom. The molecule has 0 aliphatic heterocycles. The summed E-state index contributed by atoms with van der Waals surface area (Å²) in [7, 11) is 0. The molecule has 58 valence electrons. The molecule has 0 bridgehead atoms. The number of nitrogens with zero attached hydrogens (tertiary/aromatic N) is 1. The average molecular weight is 170 g/mol. The molecule has 0 saturated carbocycles. The van der Waals surface area contributed by atoms with Gasteiger partial charge >= 0.3 is 0 Å². The number of hydrogen-bond acceptors (Lipinski definition) is 1. The van der Waals surface area contributed by atoms with Crippen molar-refractivity contribution in [2.24, 2.45) is 0 Å². The van der Waals surface area contributed by atoms with Crippen LogP contribution in [0.1, 0.15) is 0 Å². The molecule has 1 N–H and O–H groups in total. The quantitative estimate of drug-likeness (QED) is 0.602. The SMILES string of the molecule is Cl.On1ccc2ccccc21. The van der Waals surface area contributed by atoms with Crippen molar-refractivity contribution in [3.8, 4) is 0 Å². The van der Waals surface area contributed by atoms with Crippen LogP contribution in [0.15, 0.2) is 36.5 Å². The van der Waals surface area contributed by atoms with Crippen LogP contribution >= 0.6 is 12.4 Å². The van der Waals surface area contributed by atoms with Crippen LogP contribution in [-0.2, 0) is 0 Å². The second-order valence-corrected chi connectivity index (χ2v) is 2.22. The van der Waals surface area contributed by atoms with Crippen LogP contribution < -0.4 is 0 Å². The maximum atomic E-state index is 9.13. The second-order valence-electron chi connectivity index (χ2n) is 2.22. The lowest BCUT2D eigenvalue weighted by molar-refractivity contribution is 0.200. The van der Waals surface area contributed by atoms with Gasteiger partial charge in [-0.2, -0.15) is 4.73 Å². The molecule has 2 nitrogen and oxygen atoms in total. The largest absolute Gasteiger partial charge is 0.428 e. The fourth-order valence-corrected chi connectivity index (χ4v) is 1.07. The molecule has 0 spiro atoms. The average Bonchev–Trinajstić information content (AvgIpc) is 2.34. The number of fused-ring (bicyclic) bond motifs is 1. The van der Waals surface area contributed by atoms with E-state index in [0.29, 0.717) is 0 Å². The molecular formula is C8H8ClNO. The summed E-state index contributed by atoms with van der Waals surface area (Å²) >= 11 is 0. The Balaban J connectivity index is 0.000000605. The van der Waals surface area contributed by atoms with Gasteiger partial charge in [-0.25, -0.2) is 0 Å². The van der Waals surface area contributed by atoms with E-state index in [0.717, 1.165) is 15.6 Å². The Kier molecular flexibility index (Phi) is 2.06. The highest BCUT2D eigenvalue weighted by atomic mass is 35.5. The normalized spacial score (nSPS) is 9.45. The minimum absolute atomic E-state index is 0. The van der Waals surface area contributed by atoms with E-state index in [1.807, 2.05) is 30.3 Å². The van der Waals surface area contributed by atoms with Gasteiger partial charge in [-0.15, -0.1) is 12.4 Å². The Hall–Kier alpha value is -1.15. The standard InChI is InChI=1S/C8H7NO.ClH/c10-9-6-5-7-3-1-2-4-8(7)9;/h1-6,10H;1H. The maximum absolute atomic E-state index is 9.13. The lowest BCUT2D eigenvalue weighted by Crippen LogP contribution is -1.83. The summed E-state index contributed by atoms with van der Waals surface area (Å²) in [6, 6.07) is 9.55. The first-order valence-corrected chi connectivity index (χ1v) is 3.13. The zero-order chi connectivity index (χ0) is 6.97. The number of aromatic nitrogens is 1. The van der Waals surface area contributed by atoms with Crippen molar-refractivity contribution in [1.82, 2.24) is 4.73 Å². The van der Waals surface area contributed by atoms with E-state index in [9.17, 15) is 0 Å². The first-order valence-electron chi connectivity index (χ1n) is 3.13. The van der Waals surface area contributed by atoms with Gasteiger partial charge in [0.1, 0.15) is 0 Å². The smallest absolute Gasteiger partial charge is 0.0865 e. The Labute approximate surface area is 70.4 Å². The zero-order valence-corrected chi connectivity index (χ0v) is 6.58. The summed E-state index contributed by atoms with van der Waals surface area (Å²) in [5.74, 6) is 0. The highest BCUT2D eigenvalue weighted by molar-refractivity contribution is 5.85. The number of benzene rings is 1. The van der Waals surface area contributed by atoms with Crippen LogP contribution in [-0.4, -0.2) is 9.94 Å². The number of rotatable bonds is 0. The van der Waals surface area contributed by atoms with Crippen LogP contribution in [0.2, 0.25) is 0 Å². The molecule has 0 aliphatic rings. The minimum Gasteiger partial charge on any atom is -0.428 e. The molecule has 11 heavy (non-hydrogen) atoms. The summed E-state index contributed by atoms with van der Waals surface area (Å²) in [5, 5.41) is 10.2. The van der Waals surface area contributed by atoms with Crippen molar-refractivity contribution in [2.75, 3.05) is 0 Å². The Bertz CT molecular complexity index is 356. The Morgan fingerprint density at radius 3 is 2.55 bits per heavy atom. The number of para-hydroxylation sites is 1. The van der Waals surface area contributed by atoms with E-state index >= 15 is 0 Å². The molecule has 2 rings (SSSR count). The van der Waals surface area contributed by atoms with Crippen molar-refractivity contribution >= 4 is 23.3 Å². The summed E-state index contributed by atoms with van der Waals surface area (Å²) in [6.07, 6.45) is 1.63. The van der Waals surface area contributed by atoms with Crippen molar-refractivity contribution in [2.45, 2.75) is 0 Å². The van der Waals surface area contributed by atoms with E-state index < -0.39 is 0 Å². The van der Waals surface area contributed by atoms with Gasteiger partial charge in [0.05, 0.1) is 5.52 Å². The second kappa shape index (κ2) is 2.84. The topological polar surface area (TPSA) is 25.2 Å². The molecule has 0 atom stereocenters. The van der Waals surface area contributed by atoms with E-state index in [1.165, 1.54) is 0 Å². The van der Waals surface area contributed by atoms with Gasteiger partial charge in [0, 0.05) is 11.6 Å². The predicted molar refractivity (Wildman–Crippen MR) is 46.4 cm³/mol. The van der Waals surface area contributed by atoms with Crippen LogP contribution in [0.4, 0.5) is 0 Å². The van der Waals surface area contributed by atoms with Crippen molar-refractivity contribution < 1.29 is 5.21 Å². The molecule has 0 amide bonds. The van der Waals surface area contributed by atoms with Crippen LogP contribution in [0.3, 0.4) is 0 Å². The van der Waals surface area contributed by atoms with E-state index in [-0.39, 0.29) is 12.4 Å². The molecule has 1 heterocycles.